The molecule has 96 valence electrons. The number of aromatic nitrogens is 1. The van der Waals surface area contributed by atoms with Gasteiger partial charge in [0.15, 0.2) is 0 Å². The molecule has 0 radical (unpaired) electrons. The third kappa shape index (κ3) is 2.24. The molecule has 0 aliphatic heterocycles. The average Bonchev–Trinajstić information content (AvgIpc) is 2.62. The van der Waals surface area contributed by atoms with Crippen LogP contribution in [0.1, 0.15) is 11.3 Å². The minimum Gasteiger partial charge on any atom is -0.395 e. The van der Waals surface area contributed by atoms with Crippen molar-refractivity contribution in [3.63, 3.8) is 0 Å². The summed E-state index contributed by atoms with van der Waals surface area (Å²) in [6.45, 7) is 2.30. The van der Waals surface area contributed by atoms with E-state index in [9.17, 15) is 4.79 Å². The van der Waals surface area contributed by atoms with Crippen molar-refractivity contribution in [2.45, 2.75) is 13.3 Å². The summed E-state index contributed by atoms with van der Waals surface area (Å²) in [6, 6.07) is 8.07. The van der Waals surface area contributed by atoms with Crippen LogP contribution in [0.2, 0.25) is 0 Å². The number of aryl methyl sites for hydroxylation is 1. The number of carbonyl (C=O) groups is 1. The van der Waals surface area contributed by atoms with E-state index in [4.69, 9.17) is 5.11 Å². The van der Waals surface area contributed by atoms with Gasteiger partial charge in [0.1, 0.15) is 0 Å². The van der Waals surface area contributed by atoms with Crippen LogP contribution < -0.4 is 5.32 Å². The molecule has 0 aliphatic rings. The average molecular weight is 246 g/mol. The van der Waals surface area contributed by atoms with Gasteiger partial charge in [0.25, 0.3) is 0 Å². The van der Waals surface area contributed by atoms with Crippen LogP contribution in [0.5, 0.6) is 0 Å². The Morgan fingerprint density at radius 3 is 2.83 bits per heavy atom. The van der Waals surface area contributed by atoms with Gasteiger partial charge in [-0.1, -0.05) is 18.2 Å². The minimum atomic E-state index is -0.0523. The quantitative estimate of drug-likeness (QED) is 0.850. The van der Waals surface area contributed by atoms with Gasteiger partial charge in [-0.3, -0.25) is 4.79 Å². The second-order valence-corrected chi connectivity index (χ2v) is 4.39. The molecule has 0 saturated carbocycles. The second kappa shape index (κ2) is 5.23. The van der Waals surface area contributed by atoms with Crippen LogP contribution in [-0.4, -0.2) is 28.7 Å². The van der Waals surface area contributed by atoms with E-state index in [0.29, 0.717) is 13.0 Å². The molecule has 1 heterocycles. The number of hydrogen-bond donors (Lipinski definition) is 2. The highest BCUT2D eigenvalue weighted by atomic mass is 16.3. The first-order valence-corrected chi connectivity index (χ1v) is 6.05. The molecule has 0 atom stereocenters. The predicted octanol–water partition coefficient (Wildman–Crippen LogP) is 1.14. The zero-order valence-corrected chi connectivity index (χ0v) is 10.7. The molecule has 1 amide bonds. The molecule has 2 N–H and O–H groups in total. The van der Waals surface area contributed by atoms with Gasteiger partial charge in [0, 0.05) is 30.2 Å². The maximum Gasteiger partial charge on any atom is 0.224 e. The monoisotopic (exact) mass is 246 g/mol. The molecule has 1 aromatic heterocycles. The number of nitrogens with one attached hydrogen (secondary N) is 1. The van der Waals surface area contributed by atoms with Gasteiger partial charge in [-0.2, -0.15) is 0 Å². The van der Waals surface area contributed by atoms with Crippen molar-refractivity contribution in [3.05, 3.63) is 35.5 Å². The van der Waals surface area contributed by atoms with E-state index in [1.165, 1.54) is 0 Å². The first kappa shape index (κ1) is 12.6. The van der Waals surface area contributed by atoms with E-state index in [1.807, 2.05) is 32.2 Å². The maximum atomic E-state index is 11.7. The number of carbonyl (C=O) groups excluding carboxylic acids is 1. The molecule has 4 heteroatoms. The SMILES string of the molecule is Cc1c(CC(=O)NCCO)c2ccccc2n1C. The highest BCUT2D eigenvalue weighted by Gasteiger charge is 2.14. The fourth-order valence-corrected chi connectivity index (χ4v) is 2.24. The standard InChI is InChI=1S/C14H18N2O2/c1-10-12(9-14(18)15-7-8-17)11-5-3-4-6-13(11)16(10)2/h3-6,17H,7-9H2,1-2H3,(H,15,18). The summed E-state index contributed by atoms with van der Waals surface area (Å²) in [5, 5.41) is 12.5. The molecule has 4 nitrogen and oxygen atoms in total. The lowest BCUT2D eigenvalue weighted by molar-refractivity contribution is -0.120. The maximum absolute atomic E-state index is 11.7. The summed E-state index contributed by atoms with van der Waals surface area (Å²) in [7, 11) is 2.01. The van der Waals surface area contributed by atoms with Crippen LogP contribution in [0, 0.1) is 6.92 Å². The van der Waals surface area contributed by atoms with Crippen LogP contribution in [0.3, 0.4) is 0 Å². The number of hydrogen-bond acceptors (Lipinski definition) is 2. The molecule has 0 spiro atoms. The molecule has 18 heavy (non-hydrogen) atoms. The molecule has 0 unspecified atom stereocenters. The van der Waals surface area contributed by atoms with Gasteiger partial charge in [0.05, 0.1) is 13.0 Å². The van der Waals surface area contributed by atoms with Gasteiger partial charge >= 0.3 is 0 Å². The van der Waals surface area contributed by atoms with Crippen LogP contribution >= 0.6 is 0 Å². The Hall–Kier alpha value is -1.81. The van der Waals surface area contributed by atoms with Gasteiger partial charge in [-0.15, -0.1) is 0 Å². The summed E-state index contributed by atoms with van der Waals surface area (Å²) >= 11 is 0. The highest BCUT2D eigenvalue weighted by molar-refractivity contribution is 5.90. The molecule has 0 aliphatic carbocycles. The van der Waals surface area contributed by atoms with Crippen molar-refractivity contribution in [2.24, 2.45) is 7.05 Å². The number of para-hydroxylation sites is 1. The Kier molecular flexibility index (Phi) is 3.67. The molecule has 2 rings (SSSR count). The molecular formula is C14H18N2O2. The number of amides is 1. The minimum absolute atomic E-state index is 0.0275. The van der Waals surface area contributed by atoms with Crippen molar-refractivity contribution in [2.75, 3.05) is 13.2 Å². The summed E-state index contributed by atoms with van der Waals surface area (Å²) in [5.74, 6) is -0.0523. The predicted molar refractivity (Wildman–Crippen MR) is 71.5 cm³/mol. The number of aliphatic hydroxyl groups is 1. The second-order valence-electron chi connectivity index (χ2n) is 4.39. The van der Waals surface area contributed by atoms with E-state index in [0.717, 1.165) is 22.2 Å². The Labute approximate surface area is 106 Å². The Morgan fingerprint density at radius 2 is 2.11 bits per heavy atom. The van der Waals surface area contributed by atoms with E-state index in [1.54, 1.807) is 0 Å². The Bertz CT molecular complexity index is 572. The van der Waals surface area contributed by atoms with Crippen LogP contribution in [0.4, 0.5) is 0 Å². The highest BCUT2D eigenvalue weighted by Crippen LogP contribution is 2.24. The van der Waals surface area contributed by atoms with Crippen molar-refractivity contribution in [1.82, 2.24) is 9.88 Å². The molecule has 0 fully saturated rings. The molecule has 1 aromatic carbocycles. The first-order chi connectivity index (χ1) is 8.65. The third-order valence-corrected chi connectivity index (χ3v) is 3.30. The lowest BCUT2D eigenvalue weighted by atomic mass is 10.1. The largest absolute Gasteiger partial charge is 0.395 e. The van der Waals surface area contributed by atoms with E-state index in [-0.39, 0.29) is 12.5 Å². The molecule has 2 aromatic rings. The van der Waals surface area contributed by atoms with Crippen molar-refractivity contribution in [3.8, 4) is 0 Å². The normalized spacial score (nSPS) is 10.8. The molecular weight excluding hydrogens is 228 g/mol. The van der Waals surface area contributed by atoms with Gasteiger partial charge < -0.3 is 15.0 Å². The lowest BCUT2D eigenvalue weighted by Crippen LogP contribution is -2.28. The van der Waals surface area contributed by atoms with E-state index in [2.05, 4.69) is 16.0 Å². The zero-order chi connectivity index (χ0) is 13.1. The zero-order valence-electron chi connectivity index (χ0n) is 10.7. The van der Waals surface area contributed by atoms with Crippen molar-refractivity contribution < 1.29 is 9.90 Å². The number of fused-ring (bicyclic) bond motifs is 1. The van der Waals surface area contributed by atoms with Crippen LogP contribution in [-0.2, 0) is 18.3 Å². The van der Waals surface area contributed by atoms with Crippen LogP contribution in [0.25, 0.3) is 10.9 Å². The Morgan fingerprint density at radius 1 is 1.39 bits per heavy atom. The number of aliphatic hydroxyl groups excluding tert-OH is 1. The number of benzene rings is 1. The Balaban J connectivity index is 2.33. The number of rotatable bonds is 4. The fraction of sp³-hybridized carbons (Fsp3) is 0.357. The molecule has 0 bridgehead atoms. The summed E-state index contributed by atoms with van der Waals surface area (Å²) in [5.41, 5.74) is 3.30. The number of nitrogens with zero attached hydrogens (tertiary/aromatic N) is 1. The summed E-state index contributed by atoms with van der Waals surface area (Å²) in [4.78, 5) is 11.7. The molecule has 0 saturated heterocycles. The van der Waals surface area contributed by atoms with Gasteiger partial charge in [-0.25, -0.2) is 0 Å². The van der Waals surface area contributed by atoms with Gasteiger partial charge in [-0.05, 0) is 18.6 Å². The fourth-order valence-electron chi connectivity index (χ4n) is 2.24. The van der Waals surface area contributed by atoms with E-state index < -0.39 is 0 Å². The van der Waals surface area contributed by atoms with Crippen LogP contribution in [0.15, 0.2) is 24.3 Å². The third-order valence-electron chi connectivity index (χ3n) is 3.30. The summed E-state index contributed by atoms with van der Waals surface area (Å²) < 4.78 is 2.10. The topological polar surface area (TPSA) is 54.3 Å². The van der Waals surface area contributed by atoms with Crippen molar-refractivity contribution >= 4 is 16.8 Å². The first-order valence-electron chi connectivity index (χ1n) is 6.05. The van der Waals surface area contributed by atoms with Gasteiger partial charge in [0.2, 0.25) is 5.91 Å². The summed E-state index contributed by atoms with van der Waals surface area (Å²) in [6.07, 6.45) is 0.354. The van der Waals surface area contributed by atoms with E-state index >= 15 is 0 Å². The smallest absolute Gasteiger partial charge is 0.224 e. The lowest BCUT2D eigenvalue weighted by Gasteiger charge is -2.04. The van der Waals surface area contributed by atoms with Crippen molar-refractivity contribution in [1.29, 1.82) is 0 Å².